The van der Waals surface area contributed by atoms with Crippen molar-refractivity contribution in [1.82, 2.24) is 5.32 Å². The average Bonchev–Trinajstić information content (AvgIpc) is 2.33. The van der Waals surface area contributed by atoms with Crippen molar-refractivity contribution in [3.8, 4) is 5.75 Å². The lowest BCUT2D eigenvalue weighted by Crippen LogP contribution is -2.23. The standard InChI is InChI=1S/C13H20BrNO2/c1-2-16-9-4-7-15-8-10-17-13-6-3-5-12(14)11-13/h3,5-6,11,15H,2,4,7-10H2,1H3. The van der Waals surface area contributed by atoms with Crippen LogP contribution in [0, 0.1) is 0 Å². The summed E-state index contributed by atoms with van der Waals surface area (Å²) < 4.78 is 11.9. The molecule has 96 valence electrons. The third-order valence-electron chi connectivity index (χ3n) is 2.19. The molecule has 0 fully saturated rings. The maximum atomic E-state index is 5.59. The van der Waals surface area contributed by atoms with Crippen LogP contribution in [0.15, 0.2) is 28.7 Å². The van der Waals surface area contributed by atoms with E-state index in [1.807, 2.05) is 31.2 Å². The van der Waals surface area contributed by atoms with E-state index in [4.69, 9.17) is 9.47 Å². The monoisotopic (exact) mass is 301 g/mol. The highest BCUT2D eigenvalue weighted by atomic mass is 79.9. The molecule has 0 aliphatic rings. The van der Waals surface area contributed by atoms with Gasteiger partial charge in [-0.3, -0.25) is 0 Å². The second-order valence-corrected chi connectivity index (χ2v) is 4.52. The lowest BCUT2D eigenvalue weighted by Gasteiger charge is -2.07. The molecular weight excluding hydrogens is 282 g/mol. The van der Waals surface area contributed by atoms with Crippen molar-refractivity contribution < 1.29 is 9.47 Å². The molecule has 0 saturated carbocycles. The third kappa shape index (κ3) is 7.36. The number of benzene rings is 1. The molecule has 0 aliphatic carbocycles. The Labute approximate surface area is 112 Å². The molecule has 1 N–H and O–H groups in total. The highest BCUT2D eigenvalue weighted by Crippen LogP contribution is 2.17. The Morgan fingerprint density at radius 2 is 2.12 bits per heavy atom. The summed E-state index contributed by atoms with van der Waals surface area (Å²) in [4.78, 5) is 0. The first-order valence-corrected chi connectivity index (χ1v) is 6.79. The van der Waals surface area contributed by atoms with Crippen LogP contribution in [-0.4, -0.2) is 32.9 Å². The smallest absolute Gasteiger partial charge is 0.120 e. The van der Waals surface area contributed by atoms with Gasteiger partial charge >= 0.3 is 0 Å². The van der Waals surface area contributed by atoms with E-state index in [1.165, 1.54) is 0 Å². The molecule has 0 spiro atoms. The Balaban J connectivity index is 1.97. The van der Waals surface area contributed by atoms with Gasteiger partial charge in [0, 0.05) is 24.2 Å². The molecule has 0 amide bonds. The predicted octanol–water partition coefficient (Wildman–Crippen LogP) is 2.84. The zero-order valence-electron chi connectivity index (χ0n) is 10.2. The lowest BCUT2D eigenvalue weighted by molar-refractivity contribution is 0.144. The molecule has 0 radical (unpaired) electrons. The topological polar surface area (TPSA) is 30.5 Å². The largest absolute Gasteiger partial charge is 0.492 e. The van der Waals surface area contributed by atoms with Crippen molar-refractivity contribution in [2.24, 2.45) is 0 Å². The van der Waals surface area contributed by atoms with Crippen LogP contribution in [0.1, 0.15) is 13.3 Å². The highest BCUT2D eigenvalue weighted by molar-refractivity contribution is 9.10. The van der Waals surface area contributed by atoms with E-state index in [2.05, 4.69) is 21.2 Å². The van der Waals surface area contributed by atoms with Gasteiger partial charge in [0.25, 0.3) is 0 Å². The van der Waals surface area contributed by atoms with Gasteiger partial charge in [-0.2, -0.15) is 0 Å². The first-order chi connectivity index (χ1) is 8.33. The zero-order valence-corrected chi connectivity index (χ0v) is 11.8. The van der Waals surface area contributed by atoms with Gasteiger partial charge in [-0.15, -0.1) is 0 Å². The van der Waals surface area contributed by atoms with Gasteiger partial charge in [-0.05, 0) is 38.1 Å². The number of halogens is 1. The zero-order chi connectivity index (χ0) is 12.3. The van der Waals surface area contributed by atoms with Crippen molar-refractivity contribution in [1.29, 1.82) is 0 Å². The Morgan fingerprint density at radius 1 is 1.24 bits per heavy atom. The Bertz CT molecular complexity index is 307. The van der Waals surface area contributed by atoms with Crippen molar-refractivity contribution in [2.75, 3.05) is 32.9 Å². The van der Waals surface area contributed by atoms with Crippen LogP contribution in [0.25, 0.3) is 0 Å². The van der Waals surface area contributed by atoms with Crippen molar-refractivity contribution in [2.45, 2.75) is 13.3 Å². The van der Waals surface area contributed by atoms with E-state index in [0.717, 1.165) is 42.9 Å². The van der Waals surface area contributed by atoms with Crippen LogP contribution < -0.4 is 10.1 Å². The second kappa shape index (κ2) is 9.45. The summed E-state index contributed by atoms with van der Waals surface area (Å²) >= 11 is 3.41. The van der Waals surface area contributed by atoms with E-state index in [9.17, 15) is 0 Å². The van der Waals surface area contributed by atoms with E-state index >= 15 is 0 Å². The number of rotatable bonds is 9. The van der Waals surface area contributed by atoms with E-state index in [-0.39, 0.29) is 0 Å². The van der Waals surface area contributed by atoms with Gasteiger partial charge in [-0.25, -0.2) is 0 Å². The van der Waals surface area contributed by atoms with Crippen LogP contribution in [-0.2, 0) is 4.74 Å². The fraction of sp³-hybridized carbons (Fsp3) is 0.538. The average molecular weight is 302 g/mol. The van der Waals surface area contributed by atoms with Gasteiger partial charge in [0.15, 0.2) is 0 Å². The maximum absolute atomic E-state index is 5.59. The molecule has 0 aliphatic heterocycles. The van der Waals surface area contributed by atoms with E-state index in [1.54, 1.807) is 0 Å². The maximum Gasteiger partial charge on any atom is 0.120 e. The van der Waals surface area contributed by atoms with Crippen LogP contribution >= 0.6 is 15.9 Å². The molecule has 1 rings (SSSR count). The summed E-state index contributed by atoms with van der Waals surface area (Å²) in [7, 11) is 0. The Kier molecular flexibility index (Phi) is 8.05. The van der Waals surface area contributed by atoms with Gasteiger partial charge in [0.1, 0.15) is 12.4 Å². The van der Waals surface area contributed by atoms with Crippen LogP contribution in [0.3, 0.4) is 0 Å². The van der Waals surface area contributed by atoms with Crippen molar-refractivity contribution in [3.05, 3.63) is 28.7 Å². The van der Waals surface area contributed by atoms with Crippen molar-refractivity contribution >= 4 is 15.9 Å². The normalized spacial score (nSPS) is 10.5. The lowest BCUT2D eigenvalue weighted by atomic mass is 10.3. The second-order valence-electron chi connectivity index (χ2n) is 3.61. The fourth-order valence-electron chi connectivity index (χ4n) is 1.37. The molecule has 0 bridgehead atoms. The van der Waals surface area contributed by atoms with Crippen LogP contribution in [0.5, 0.6) is 5.75 Å². The van der Waals surface area contributed by atoms with Gasteiger partial charge in [0.05, 0.1) is 0 Å². The molecule has 0 atom stereocenters. The summed E-state index contributed by atoms with van der Waals surface area (Å²) in [5.74, 6) is 0.899. The molecule has 1 aromatic rings. The summed E-state index contributed by atoms with van der Waals surface area (Å²) in [6.45, 7) is 6.16. The molecule has 0 unspecified atom stereocenters. The first kappa shape index (κ1) is 14.5. The minimum atomic E-state index is 0.686. The third-order valence-corrected chi connectivity index (χ3v) is 2.68. The Hall–Kier alpha value is -0.580. The number of hydrogen-bond donors (Lipinski definition) is 1. The summed E-state index contributed by atoms with van der Waals surface area (Å²) in [6, 6.07) is 7.88. The van der Waals surface area contributed by atoms with Crippen LogP contribution in [0.4, 0.5) is 0 Å². The first-order valence-electron chi connectivity index (χ1n) is 5.99. The van der Waals surface area contributed by atoms with E-state index < -0.39 is 0 Å². The quantitative estimate of drug-likeness (QED) is 0.712. The fourth-order valence-corrected chi connectivity index (χ4v) is 1.74. The molecule has 0 aromatic heterocycles. The van der Waals surface area contributed by atoms with Crippen LogP contribution in [0.2, 0.25) is 0 Å². The molecule has 3 nitrogen and oxygen atoms in total. The van der Waals surface area contributed by atoms with Gasteiger partial charge < -0.3 is 14.8 Å². The highest BCUT2D eigenvalue weighted by Gasteiger charge is 1.94. The molecule has 0 saturated heterocycles. The van der Waals surface area contributed by atoms with Gasteiger partial charge in [0.2, 0.25) is 0 Å². The van der Waals surface area contributed by atoms with Crippen molar-refractivity contribution in [3.63, 3.8) is 0 Å². The summed E-state index contributed by atoms with van der Waals surface area (Å²) in [5, 5.41) is 3.31. The number of hydrogen-bond acceptors (Lipinski definition) is 3. The number of nitrogens with one attached hydrogen (secondary N) is 1. The molecule has 4 heteroatoms. The SMILES string of the molecule is CCOCCCNCCOc1cccc(Br)c1. The number of ether oxygens (including phenoxy) is 2. The minimum Gasteiger partial charge on any atom is -0.492 e. The van der Waals surface area contributed by atoms with E-state index in [0.29, 0.717) is 6.61 Å². The summed E-state index contributed by atoms with van der Waals surface area (Å²) in [6.07, 6.45) is 1.05. The Morgan fingerprint density at radius 3 is 2.88 bits per heavy atom. The molecule has 0 heterocycles. The molecule has 17 heavy (non-hydrogen) atoms. The van der Waals surface area contributed by atoms with Gasteiger partial charge in [-0.1, -0.05) is 22.0 Å². The minimum absolute atomic E-state index is 0.686. The molecular formula is C13H20BrNO2. The molecule has 1 aromatic carbocycles. The summed E-state index contributed by atoms with van der Waals surface area (Å²) in [5.41, 5.74) is 0. The predicted molar refractivity (Wildman–Crippen MR) is 73.6 cm³/mol.